The fraction of sp³-hybridized carbons (Fsp3) is 0.350. The zero-order chi connectivity index (χ0) is 20.0. The highest BCUT2D eigenvalue weighted by Gasteiger charge is 2.18. The maximum absolute atomic E-state index is 12.1. The van der Waals surface area contributed by atoms with E-state index in [0.717, 1.165) is 16.9 Å². The van der Waals surface area contributed by atoms with E-state index in [1.54, 1.807) is 19.9 Å². The number of esters is 1. The fourth-order valence-corrected chi connectivity index (χ4v) is 2.96. The Labute approximate surface area is 163 Å². The number of benzene rings is 1. The second-order valence-corrected chi connectivity index (χ2v) is 6.65. The number of amides is 1. The van der Waals surface area contributed by atoms with Crippen LogP contribution in [0.25, 0.3) is 0 Å². The van der Waals surface area contributed by atoms with Crippen molar-refractivity contribution in [3.8, 4) is 5.75 Å². The molecule has 1 N–H and O–H groups in total. The van der Waals surface area contributed by atoms with E-state index in [1.165, 1.54) is 0 Å². The third-order valence-electron chi connectivity index (χ3n) is 3.85. The van der Waals surface area contributed by atoms with Crippen LogP contribution in [0.1, 0.15) is 32.7 Å². The SMILES string of the molecule is Cc1ccc(OCCNC(=O)COC(=O)c2c(C)cc(C)nc2Cl)c(C)c1. The summed E-state index contributed by atoms with van der Waals surface area (Å²) in [6.45, 7) is 7.72. The molecule has 0 saturated heterocycles. The Balaban J connectivity index is 1.75. The summed E-state index contributed by atoms with van der Waals surface area (Å²) >= 11 is 6.00. The number of carbonyl (C=O) groups is 2. The Morgan fingerprint density at radius 1 is 1.11 bits per heavy atom. The molecule has 0 unspecified atom stereocenters. The first-order valence-electron chi connectivity index (χ1n) is 8.55. The summed E-state index contributed by atoms with van der Waals surface area (Å²) in [5.41, 5.74) is 3.73. The number of rotatable bonds is 7. The topological polar surface area (TPSA) is 77.5 Å². The van der Waals surface area contributed by atoms with Crippen LogP contribution in [-0.4, -0.2) is 36.6 Å². The molecule has 144 valence electrons. The number of nitrogens with zero attached hydrogens (tertiary/aromatic N) is 1. The quantitative estimate of drug-likeness (QED) is 0.446. The minimum atomic E-state index is -0.674. The van der Waals surface area contributed by atoms with Crippen LogP contribution in [0.3, 0.4) is 0 Å². The highest BCUT2D eigenvalue weighted by atomic mass is 35.5. The van der Waals surface area contributed by atoms with Crippen LogP contribution in [0.2, 0.25) is 5.15 Å². The van der Waals surface area contributed by atoms with Crippen LogP contribution in [0.4, 0.5) is 0 Å². The van der Waals surface area contributed by atoms with Crippen molar-refractivity contribution in [1.82, 2.24) is 10.3 Å². The van der Waals surface area contributed by atoms with E-state index in [0.29, 0.717) is 24.4 Å². The van der Waals surface area contributed by atoms with Crippen molar-refractivity contribution in [3.63, 3.8) is 0 Å². The maximum Gasteiger partial charge on any atom is 0.342 e. The van der Waals surface area contributed by atoms with E-state index in [9.17, 15) is 9.59 Å². The van der Waals surface area contributed by atoms with Crippen molar-refractivity contribution in [2.75, 3.05) is 19.8 Å². The van der Waals surface area contributed by atoms with E-state index >= 15 is 0 Å². The molecule has 0 aliphatic rings. The molecular weight excluding hydrogens is 368 g/mol. The lowest BCUT2D eigenvalue weighted by atomic mass is 10.1. The van der Waals surface area contributed by atoms with Crippen LogP contribution >= 0.6 is 11.6 Å². The van der Waals surface area contributed by atoms with Crippen molar-refractivity contribution in [3.05, 3.63) is 57.4 Å². The fourth-order valence-electron chi connectivity index (χ4n) is 2.60. The van der Waals surface area contributed by atoms with Gasteiger partial charge in [-0.2, -0.15) is 0 Å². The standard InChI is InChI=1S/C20H23ClN2O4/c1-12-5-6-16(13(2)9-12)26-8-7-22-17(24)11-27-20(25)18-14(3)10-15(4)23-19(18)21/h5-6,9-10H,7-8,11H2,1-4H3,(H,22,24). The van der Waals surface area contributed by atoms with Gasteiger partial charge in [-0.3, -0.25) is 4.79 Å². The third kappa shape index (κ3) is 5.96. The lowest BCUT2D eigenvalue weighted by Crippen LogP contribution is -2.32. The van der Waals surface area contributed by atoms with Crippen molar-refractivity contribution in [2.45, 2.75) is 27.7 Å². The van der Waals surface area contributed by atoms with E-state index in [2.05, 4.69) is 10.3 Å². The van der Waals surface area contributed by atoms with Crippen molar-refractivity contribution in [2.24, 2.45) is 0 Å². The van der Waals surface area contributed by atoms with E-state index < -0.39 is 18.5 Å². The van der Waals surface area contributed by atoms with Gasteiger partial charge in [0.25, 0.3) is 5.91 Å². The summed E-state index contributed by atoms with van der Waals surface area (Å²) in [5, 5.41) is 2.71. The summed E-state index contributed by atoms with van der Waals surface area (Å²) in [6, 6.07) is 7.62. The molecule has 6 nitrogen and oxygen atoms in total. The largest absolute Gasteiger partial charge is 0.491 e. The highest BCUT2D eigenvalue weighted by molar-refractivity contribution is 6.32. The molecule has 1 heterocycles. The number of aryl methyl sites for hydroxylation is 4. The van der Waals surface area contributed by atoms with Crippen LogP contribution in [0, 0.1) is 27.7 Å². The molecule has 1 aromatic carbocycles. The van der Waals surface area contributed by atoms with Gasteiger partial charge in [0.15, 0.2) is 6.61 Å². The van der Waals surface area contributed by atoms with E-state index in [1.807, 2.05) is 32.0 Å². The Hall–Kier alpha value is -2.60. The molecule has 27 heavy (non-hydrogen) atoms. The number of nitrogens with one attached hydrogen (secondary N) is 1. The Morgan fingerprint density at radius 2 is 1.85 bits per heavy atom. The molecule has 1 amide bonds. The number of aromatic nitrogens is 1. The first-order valence-corrected chi connectivity index (χ1v) is 8.93. The van der Waals surface area contributed by atoms with Crippen LogP contribution < -0.4 is 10.1 Å². The van der Waals surface area contributed by atoms with Gasteiger partial charge in [0.05, 0.1) is 12.1 Å². The molecule has 1 aromatic heterocycles. The molecule has 7 heteroatoms. The number of ether oxygens (including phenoxy) is 2. The van der Waals surface area contributed by atoms with E-state index in [4.69, 9.17) is 21.1 Å². The molecular formula is C20H23ClN2O4. The molecule has 0 aliphatic heterocycles. The van der Waals surface area contributed by atoms with Gasteiger partial charge in [0.2, 0.25) is 0 Å². The van der Waals surface area contributed by atoms with Gasteiger partial charge in [0, 0.05) is 5.69 Å². The predicted molar refractivity (Wildman–Crippen MR) is 103 cm³/mol. The molecule has 2 rings (SSSR count). The monoisotopic (exact) mass is 390 g/mol. The smallest absolute Gasteiger partial charge is 0.342 e. The van der Waals surface area contributed by atoms with E-state index in [-0.39, 0.29) is 10.7 Å². The lowest BCUT2D eigenvalue weighted by Gasteiger charge is -2.11. The average Bonchev–Trinajstić information content (AvgIpc) is 2.57. The molecule has 0 aliphatic carbocycles. The van der Waals surface area contributed by atoms with Crippen molar-refractivity contribution < 1.29 is 19.1 Å². The van der Waals surface area contributed by atoms with Gasteiger partial charge in [-0.1, -0.05) is 29.3 Å². The zero-order valence-corrected chi connectivity index (χ0v) is 16.6. The third-order valence-corrected chi connectivity index (χ3v) is 4.12. The molecule has 0 bridgehead atoms. The number of hydrogen-bond donors (Lipinski definition) is 1. The second-order valence-electron chi connectivity index (χ2n) is 6.29. The number of hydrogen-bond acceptors (Lipinski definition) is 5. The van der Waals surface area contributed by atoms with Crippen LogP contribution in [0.5, 0.6) is 5.75 Å². The van der Waals surface area contributed by atoms with Gasteiger partial charge >= 0.3 is 5.97 Å². The van der Waals surface area contributed by atoms with Gasteiger partial charge < -0.3 is 14.8 Å². The number of halogens is 1. The van der Waals surface area contributed by atoms with Crippen molar-refractivity contribution >= 4 is 23.5 Å². The minimum absolute atomic E-state index is 0.0692. The van der Waals surface area contributed by atoms with Gasteiger partial charge in [-0.15, -0.1) is 0 Å². The summed E-state index contributed by atoms with van der Waals surface area (Å²) < 4.78 is 10.7. The normalized spacial score (nSPS) is 10.4. The Bertz CT molecular complexity index is 829. The Morgan fingerprint density at radius 3 is 2.52 bits per heavy atom. The van der Waals surface area contributed by atoms with Gasteiger partial charge in [-0.05, 0) is 51.0 Å². The predicted octanol–water partition coefficient (Wildman–Crippen LogP) is 3.32. The molecule has 0 fully saturated rings. The summed E-state index contributed by atoms with van der Waals surface area (Å²) in [7, 11) is 0. The lowest BCUT2D eigenvalue weighted by molar-refractivity contribution is -0.124. The maximum atomic E-state index is 12.1. The summed E-state index contributed by atoms with van der Waals surface area (Å²) in [5.74, 6) is -0.314. The van der Waals surface area contributed by atoms with Crippen molar-refractivity contribution in [1.29, 1.82) is 0 Å². The first kappa shape index (κ1) is 20.7. The summed E-state index contributed by atoms with van der Waals surface area (Å²) in [4.78, 5) is 28.0. The van der Waals surface area contributed by atoms with Crippen LogP contribution in [0.15, 0.2) is 24.3 Å². The highest BCUT2D eigenvalue weighted by Crippen LogP contribution is 2.20. The van der Waals surface area contributed by atoms with Gasteiger partial charge in [-0.25, -0.2) is 9.78 Å². The molecule has 0 spiro atoms. The average molecular weight is 391 g/mol. The first-order chi connectivity index (χ1) is 12.8. The molecule has 0 radical (unpaired) electrons. The number of carbonyl (C=O) groups excluding carboxylic acids is 2. The zero-order valence-electron chi connectivity index (χ0n) is 15.9. The minimum Gasteiger partial charge on any atom is -0.491 e. The second kappa shape index (κ2) is 9.37. The van der Waals surface area contributed by atoms with Gasteiger partial charge in [0.1, 0.15) is 17.5 Å². The Kier molecular flexibility index (Phi) is 7.19. The molecule has 0 atom stereocenters. The number of pyridine rings is 1. The summed E-state index contributed by atoms with van der Waals surface area (Å²) in [6.07, 6.45) is 0. The molecule has 2 aromatic rings. The van der Waals surface area contributed by atoms with Crippen LogP contribution in [-0.2, 0) is 9.53 Å². The molecule has 0 saturated carbocycles.